The van der Waals surface area contributed by atoms with Gasteiger partial charge in [0.15, 0.2) is 0 Å². The third kappa shape index (κ3) is 5.58. The highest BCUT2D eigenvalue weighted by Crippen LogP contribution is 2.43. The van der Waals surface area contributed by atoms with Crippen molar-refractivity contribution in [1.82, 2.24) is 0 Å². The third-order valence-electron chi connectivity index (χ3n) is 4.31. The summed E-state index contributed by atoms with van der Waals surface area (Å²) in [5.41, 5.74) is 0. The molecule has 7 heteroatoms. The second-order valence-electron chi connectivity index (χ2n) is 6.26. The van der Waals surface area contributed by atoms with Crippen molar-refractivity contribution in [3.8, 4) is 11.5 Å². The molecule has 0 radical (unpaired) electrons. The largest absolute Gasteiger partial charge is 0.490 e. The van der Waals surface area contributed by atoms with Crippen LogP contribution < -0.4 is 9.47 Å². The Morgan fingerprint density at radius 3 is 1.69 bits per heavy atom. The van der Waals surface area contributed by atoms with Gasteiger partial charge in [0.25, 0.3) is 0 Å². The Morgan fingerprint density at radius 1 is 0.621 bits per heavy atom. The van der Waals surface area contributed by atoms with Crippen LogP contribution in [0.5, 0.6) is 11.5 Å². The van der Waals surface area contributed by atoms with Crippen LogP contribution in [0.2, 0.25) is 0 Å². The number of halogens is 1. The lowest BCUT2D eigenvalue weighted by Gasteiger charge is -2.18. The first-order valence-corrected chi connectivity index (χ1v) is 10.3. The van der Waals surface area contributed by atoms with Gasteiger partial charge in [-0.2, -0.15) is 0 Å². The van der Waals surface area contributed by atoms with Crippen LogP contribution in [-0.4, -0.2) is 63.1 Å². The molecule has 3 aromatic rings. The summed E-state index contributed by atoms with van der Waals surface area (Å²) in [6, 6.07) is 13.9. The second-order valence-corrected chi connectivity index (χ2v) is 7.18. The van der Waals surface area contributed by atoms with Gasteiger partial charge in [0, 0.05) is 26.0 Å². The van der Waals surface area contributed by atoms with E-state index in [9.17, 15) is 0 Å². The summed E-state index contributed by atoms with van der Waals surface area (Å²) >= 11 is 3.55. The van der Waals surface area contributed by atoms with Crippen LogP contribution in [0, 0.1) is 0 Å². The lowest BCUT2D eigenvalue weighted by molar-refractivity contribution is 0.0707. The van der Waals surface area contributed by atoms with Crippen molar-refractivity contribution < 1.29 is 29.2 Å². The highest BCUT2D eigenvalue weighted by molar-refractivity contribution is 9.10. The van der Waals surface area contributed by atoms with Crippen molar-refractivity contribution in [3.05, 3.63) is 46.9 Å². The zero-order chi connectivity index (χ0) is 20.5. The van der Waals surface area contributed by atoms with E-state index in [1.807, 2.05) is 42.5 Å². The molecule has 0 spiro atoms. The Hall–Kier alpha value is -1.90. The monoisotopic (exact) mass is 464 g/mol. The van der Waals surface area contributed by atoms with E-state index in [1.165, 1.54) is 0 Å². The third-order valence-corrected chi connectivity index (χ3v) is 4.80. The molecule has 0 bridgehead atoms. The van der Waals surface area contributed by atoms with Crippen molar-refractivity contribution in [2.24, 2.45) is 0 Å². The van der Waals surface area contributed by atoms with E-state index in [2.05, 4.69) is 15.9 Å². The Balaban J connectivity index is 1.96. The minimum absolute atomic E-state index is 0.00601. The normalized spacial score (nSPS) is 11.3. The maximum absolute atomic E-state index is 8.84. The van der Waals surface area contributed by atoms with Crippen molar-refractivity contribution in [2.75, 3.05) is 52.9 Å². The van der Waals surface area contributed by atoms with Crippen LogP contribution in [0.15, 0.2) is 46.9 Å². The van der Waals surface area contributed by atoms with E-state index < -0.39 is 0 Å². The predicted octanol–water partition coefficient (Wildman–Crippen LogP) is 3.53. The van der Waals surface area contributed by atoms with Gasteiger partial charge in [-0.05, 0) is 18.2 Å². The minimum atomic E-state index is -0.00708. The molecule has 29 heavy (non-hydrogen) atoms. The number of fused-ring (bicyclic) bond motifs is 2. The lowest BCUT2D eigenvalue weighted by atomic mass is 10.0. The molecule has 0 saturated heterocycles. The van der Waals surface area contributed by atoms with Gasteiger partial charge in [-0.25, -0.2) is 0 Å². The summed E-state index contributed by atoms with van der Waals surface area (Å²) in [4.78, 5) is 0. The molecular weight excluding hydrogens is 440 g/mol. The summed E-state index contributed by atoms with van der Waals surface area (Å²) in [5, 5.41) is 21.5. The number of aliphatic hydroxyl groups is 2. The zero-order valence-corrected chi connectivity index (χ0v) is 17.7. The summed E-state index contributed by atoms with van der Waals surface area (Å²) in [5.74, 6) is 1.55. The van der Waals surface area contributed by atoms with Crippen molar-refractivity contribution in [3.63, 3.8) is 0 Å². The Morgan fingerprint density at radius 2 is 1.14 bits per heavy atom. The number of aliphatic hydroxyl groups excluding tert-OH is 2. The van der Waals surface area contributed by atoms with Crippen LogP contribution in [0.4, 0.5) is 0 Å². The predicted molar refractivity (Wildman–Crippen MR) is 116 cm³/mol. The number of benzene rings is 3. The molecule has 2 N–H and O–H groups in total. The van der Waals surface area contributed by atoms with Crippen LogP contribution in [0.3, 0.4) is 0 Å². The first-order valence-electron chi connectivity index (χ1n) is 9.53. The minimum Gasteiger partial charge on any atom is -0.490 e. The number of hydrogen-bond donors (Lipinski definition) is 2. The summed E-state index contributed by atoms with van der Waals surface area (Å²) in [7, 11) is 0. The topological polar surface area (TPSA) is 77.4 Å². The molecule has 6 nitrogen and oxygen atoms in total. The van der Waals surface area contributed by atoms with Crippen molar-refractivity contribution >= 4 is 37.5 Å². The molecular formula is C22H25BrO6. The van der Waals surface area contributed by atoms with Gasteiger partial charge in [-0.3, -0.25) is 0 Å². The highest BCUT2D eigenvalue weighted by Gasteiger charge is 2.16. The van der Waals surface area contributed by atoms with Gasteiger partial charge in [0.2, 0.25) is 0 Å². The first kappa shape index (κ1) is 21.8. The molecule has 0 amide bonds. The van der Waals surface area contributed by atoms with E-state index in [-0.39, 0.29) is 13.2 Å². The van der Waals surface area contributed by atoms with E-state index in [0.29, 0.717) is 39.6 Å². The van der Waals surface area contributed by atoms with Gasteiger partial charge in [0.05, 0.1) is 39.6 Å². The van der Waals surface area contributed by atoms with Crippen LogP contribution in [0.25, 0.3) is 21.5 Å². The van der Waals surface area contributed by atoms with Crippen LogP contribution >= 0.6 is 15.9 Å². The van der Waals surface area contributed by atoms with E-state index in [4.69, 9.17) is 29.2 Å². The van der Waals surface area contributed by atoms with Gasteiger partial charge in [-0.1, -0.05) is 40.2 Å². The SMILES string of the molecule is OCCOCCOc1c2ccccc2c(OCCOCCO)c2cc(Br)ccc12. The van der Waals surface area contributed by atoms with Gasteiger partial charge >= 0.3 is 0 Å². The van der Waals surface area contributed by atoms with E-state index in [1.54, 1.807) is 0 Å². The number of ether oxygens (including phenoxy) is 4. The Bertz CT molecular complexity index is 930. The molecule has 156 valence electrons. The van der Waals surface area contributed by atoms with Crippen LogP contribution in [0.1, 0.15) is 0 Å². The molecule has 3 rings (SSSR count). The molecule has 0 heterocycles. The molecule has 0 aliphatic heterocycles. The average Bonchev–Trinajstić information content (AvgIpc) is 2.74. The fourth-order valence-corrected chi connectivity index (χ4v) is 3.48. The van der Waals surface area contributed by atoms with Crippen LogP contribution in [-0.2, 0) is 9.47 Å². The van der Waals surface area contributed by atoms with E-state index >= 15 is 0 Å². The Labute approximate surface area is 178 Å². The maximum atomic E-state index is 8.84. The molecule has 0 saturated carbocycles. The second kappa shape index (κ2) is 11.3. The molecule has 0 unspecified atom stereocenters. The Kier molecular flexibility index (Phi) is 8.52. The quantitative estimate of drug-likeness (QED) is 0.315. The van der Waals surface area contributed by atoms with Gasteiger partial charge < -0.3 is 29.2 Å². The molecule has 0 fully saturated rings. The molecule has 0 atom stereocenters. The smallest absolute Gasteiger partial charge is 0.135 e. The molecule has 0 aliphatic rings. The zero-order valence-electron chi connectivity index (χ0n) is 16.1. The lowest BCUT2D eigenvalue weighted by Crippen LogP contribution is -2.11. The van der Waals surface area contributed by atoms with Gasteiger partial charge in [-0.15, -0.1) is 0 Å². The van der Waals surface area contributed by atoms with E-state index in [0.717, 1.165) is 37.5 Å². The summed E-state index contributed by atoms with van der Waals surface area (Å²) in [6.07, 6.45) is 0. The first-order chi connectivity index (χ1) is 14.3. The fourth-order valence-electron chi connectivity index (χ4n) is 3.12. The highest BCUT2D eigenvalue weighted by atomic mass is 79.9. The number of hydrogen-bond acceptors (Lipinski definition) is 6. The average molecular weight is 465 g/mol. The molecule has 0 aliphatic carbocycles. The molecule has 3 aromatic carbocycles. The summed E-state index contributed by atoms with van der Waals surface area (Å²) in [6.45, 7) is 2.12. The molecule has 0 aromatic heterocycles. The van der Waals surface area contributed by atoms with Crippen molar-refractivity contribution in [2.45, 2.75) is 0 Å². The maximum Gasteiger partial charge on any atom is 0.135 e. The standard InChI is InChI=1S/C22H25BrO6/c23-16-5-6-19-20(15-16)22(29-14-12-27-10-8-25)18-4-2-1-3-17(18)21(19)28-13-11-26-9-7-24/h1-6,15,24-25H,7-14H2. The van der Waals surface area contributed by atoms with Gasteiger partial charge in [0.1, 0.15) is 24.7 Å². The summed E-state index contributed by atoms with van der Waals surface area (Å²) < 4.78 is 23.8. The van der Waals surface area contributed by atoms with Crippen molar-refractivity contribution in [1.29, 1.82) is 0 Å². The fraction of sp³-hybridized carbons (Fsp3) is 0.364. The number of rotatable bonds is 12.